The van der Waals surface area contributed by atoms with Gasteiger partial charge in [0, 0.05) is 5.56 Å². The van der Waals surface area contributed by atoms with E-state index in [1.807, 2.05) is 0 Å². The molecule has 0 radical (unpaired) electrons. The summed E-state index contributed by atoms with van der Waals surface area (Å²) in [6.07, 6.45) is -1.21. The van der Waals surface area contributed by atoms with E-state index < -0.39 is 17.7 Å². The minimum Gasteiger partial charge on any atom is -0.380 e. The average molecular weight is 230 g/mol. The number of hydrogen-bond donors (Lipinski definition) is 1. The lowest BCUT2D eigenvalue weighted by Crippen LogP contribution is -2.12. The molecule has 0 saturated carbocycles. The number of Topliss-reactive ketones (excluding diaryl/α,β-unsaturated/α-hetero) is 1. The number of ketones is 1. The van der Waals surface area contributed by atoms with Crippen molar-refractivity contribution in [3.05, 3.63) is 71.5 Å². The summed E-state index contributed by atoms with van der Waals surface area (Å²) < 4.78 is 12.7. The summed E-state index contributed by atoms with van der Waals surface area (Å²) in [7, 11) is 0. The number of hydrogen-bond acceptors (Lipinski definition) is 2. The molecule has 0 amide bonds. The van der Waals surface area contributed by atoms with Crippen LogP contribution in [-0.2, 0) is 0 Å². The normalized spacial score (nSPS) is 12.1. The van der Waals surface area contributed by atoms with Crippen LogP contribution in [0.4, 0.5) is 4.39 Å². The molecular formula is C14H11FO2. The topological polar surface area (TPSA) is 37.3 Å². The molecule has 2 rings (SSSR count). The van der Waals surface area contributed by atoms with Crippen molar-refractivity contribution in [2.75, 3.05) is 0 Å². The molecule has 0 fully saturated rings. The van der Waals surface area contributed by atoms with E-state index in [-0.39, 0.29) is 0 Å². The predicted molar refractivity (Wildman–Crippen MR) is 62.1 cm³/mol. The van der Waals surface area contributed by atoms with Crippen LogP contribution in [0.15, 0.2) is 54.6 Å². The molecule has 1 N–H and O–H groups in total. The Morgan fingerprint density at radius 2 is 1.59 bits per heavy atom. The smallest absolute Gasteiger partial charge is 0.195 e. The standard InChI is InChI=1S/C14H11FO2/c15-12-8-6-11(7-9-12)14(17)13(16)10-4-2-1-3-5-10/h1-9,13,16H. The molecule has 2 aromatic rings. The molecule has 0 aliphatic heterocycles. The lowest BCUT2D eigenvalue weighted by atomic mass is 10.0. The van der Waals surface area contributed by atoms with Gasteiger partial charge in [0.25, 0.3) is 0 Å². The van der Waals surface area contributed by atoms with Crippen molar-refractivity contribution in [2.24, 2.45) is 0 Å². The Balaban J connectivity index is 2.23. The molecule has 1 unspecified atom stereocenters. The fourth-order valence-electron chi connectivity index (χ4n) is 1.56. The van der Waals surface area contributed by atoms with E-state index in [1.54, 1.807) is 30.3 Å². The zero-order valence-corrected chi connectivity index (χ0v) is 9.01. The van der Waals surface area contributed by atoms with E-state index in [9.17, 15) is 14.3 Å². The van der Waals surface area contributed by atoms with Gasteiger partial charge >= 0.3 is 0 Å². The van der Waals surface area contributed by atoms with E-state index in [1.165, 1.54) is 24.3 Å². The number of carbonyl (C=O) groups is 1. The van der Waals surface area contributed by atoms with Gasteiger partial charge < -0.3 is 5.11 Å². The number of halogens is 1. The van der Waals surface area contributed by atoms with Crippen molar-refractivity contribution >= 4 is 5.78 Å². The fourth-order valence-corrected chi connectivity index (χ4v) is 1.56. The summed E-state index contributed by atoms with van der Waals surface area (Å²) >= 11 is 0. The molecule has 86 valence electrons. The molecule has 1 atom stereocenters. The van der Waals surface area contributed by atoms with Crippen molar-refractivity contribution in [1.29, 1.82) is 0 Å². The third-order valence-corrected chi connectivity index (χ3v) is 2.49. The molecule has 2 nitrogen and oxygen atoms in total. The maximum Gasteiger partial charge on any atom is 0.195 e. The second kappa shape index (κ2) is 4.89. The van der Waals surface area contributed by atoms with Crippen LogP contribution in [0.5, 0.6) is 0 Å². The summed E-state index contributed by atoms with van der Waals surface area (Å²) in [6, 6.07) is 13.8. The van der Waals surface area contributed by atoms with Gasteiger partial charge in [-0.05, 0) is 29.8 Å². The highest BCUT2D eigenvalue weighted by Crippen LogP contribution is 2.18. The summed E-state index contributed by atoms with van der Waals surface area (Å²) in [5.74, 6) is -0.841. The van der Waals surface area contributed by atoms with Crippen molar-refractivity contribution in [3.63, 3.8) is 0 Å². The van der Waals surface area contributed by atoms with Crippen LogP contribution >= 0.6 is 0 Å². The molecule has 0 heterocycles. The molecule has 3 heteroatoms. The number of rotatable bonds is 3. The predicted octanol–water partition coefficient (Wildman–Crippen LogP) is 2.74. The Bertz CT molecular complexity index is 506. The van der Waals surface area contributed by atoms with E-state index in [4.69, 9.17) is 0 Å². The maximum absolute atomic E-state index is 12.7. The van der Waals surface area contributed by atoms with Crippen LogP contribution in [0.1, 0.15) is 22.0 Å². The van der Waals surface area contributed by atoms with Gasteiger partial charge in [-0.1, -0.05) is 30.3 Å². The van der Waals surface area contributed by atoms with Crippen LogP contribution in [0.2, 0.25) is 0 Å². The zero-order valence-electron chi connectivity index (χ0n) is 9.01. The summed E-state index contributed by atoms with van der Waals surface area (Å²) in [5.41, 5.74) is 0.824. The van der Waals surface area contributed by atoms with Gasteiger partial charge in [-0.15, -0.1) is 0 Å². The van der Waals surface area contributed by atoms with Gasteiger partial charge in [0.05, 0.1) is 0 Å². The quantitative estimate of drug-likeness (QED) is 0.823. The lowest BCUT2D eigenvalue weighted by Gasteiger charge is -2.09. The molecule has 0 aliphatic carbocycles. The van der Waals surface area contributed by atoms with Crippen LogP contribution in [0.3, 0.4) is 0 Å². The molecule has 0 bridgehead atoms. The first kappa shape index (κ1) is 11.5. The van der Waals surface area contributed by atoms with Crippen molar-refractivity contribution in [1.82, 2.24) is 0 Å². The van der Waals surface area contributed by atoms with Crippen molar-refractivity contribution in [3.8, 4) is 0 Å². The third kappa shape index (κ3) is 2.57. The molecule has 2 aromatic carbocycles. The minimum atomic E-state index is -1.21. The number of carbonyl (C=O) groups excluding carboxylic acids is 1. The highest BCUT2D eigenvalue weighted by Gasteiger charge is 2.18. The average Bonchev–Trinajstić information content (AvgIpc) is 2.39. The largest absolute Gasteiger partial charge is 0.380 e. The van der Waals surface area contributed by atoms with Gasteiger partial charge in [0.2, 0.25) is 0 Å². The van der Waals surface area contributed by atoms with Gasteiger partial charge in [-0.3, -0.25) is 4.79 Å². The first-order chi connectivity index (χ1) is 8.18. The maximum atomic E-state index is 12.7. The number of benzene rings is 2. The Morgan fingerprint density at radius 3 is 2.18 bits per heavy atom. The van der Waals surface area contributed by atoms with Crippen LogP contribution in [-0.4, -0.2) is 10.9 Å². The molecule has 0 aliphatic rings. The van der Waals surface area contributed by atoms with E-state index in [2.05, 4.69) is 0 Å². The summed E-state index contributed by atoms with van der Waals surface area (Å²) in [6.45, 7) is 0. The van der Waals surface area contributed by atoms with E-state index in [0.29, 0.717) is 11.1 Å². The minimum absolute atomic E-state index is 0.294. The van der Waals surface area contributed by atoms with Crippen molar-refractivity contribution < 1.29 is 14.3 Å². The van der Waals surface area contributed by atoms with Gasteiger partial charge in [-0.25, -0.2) is 4.39 Å². The van der Waals surface area contributed by atoms with Gasteiger partial charge in [0.1, 0.15) is 11.9 Å². The summed E-state index contributed by atoms with van der Waals surface area (Å²) in [5, 5.41) is 9.87. The second-order valence-corrected chi connectivity index (χ2v) is 3.68. The Morgan fingerprint density at radius 1 is 1.00 bits per heavy atom. The van der Waals surface area contributed by atoms with Crippen LogP contribution < -0.4 is 0 Å². The van der Waals surface area contributed by atoms with Gasteiger partial charge in [0.15, 0.2) is 5.78 Å². The third-order valence-electron chi connectivity index (χ3n) is 2.49. The molecule has 0 saturated heterocycles. The SMILES string of the molecule is O=C(c1ccc(F)cc1)C(O)c1ccccc1. The molecular weight excluding hydrogens is 219 g/mol. The molecule has 0 aromatic heterocycles. The second-order valence-electron chi connectivity index (χ2n) is 3.68. The highest BCUT2D eigenvalue weighted by atomic mass is 19.1. The summed E-state index contributed by atoms with van der Waals surface area (Å²) in [4.78, 5) is 11.9. The lowest BCUT2D eigenvalue weighted by molar-refractivity contribution is 0.0747. The molecule has 0 spiro atoms. The molecule has 17 heavy (non-hydrogen) atoms. The Hall–Kier alpha value is -2.00. The number of aliphatic hydroxyl groups excluding tert-OH is 1. The Kier molecular flexibility index (Phi) is 3.30. The van der Waals surface area contributed by atoms with Crippen LogP contribution in [0, 0.1) is 5.82 Å². The van der Waals surface area contributed by atoms with Gasteiger partial charge in [-0.2, -0.15) is 0 Å². The zero-order chi connectivity index (χ0) is 12.3. The highest BCUT2D eigenvalue weighted by molar-refractivity contribution is 5.99. The van der Waals surface area contributed by atoms with E-state index >= 15 is 0 Å². The fraction of sp³-hybridized carbons (Fsp3) is 0.0714. The first-order valence-electron chi connectivity index (χ1n) is 5.21. The number of aliphatic hydroxyl groups is 1. The van der Waals surface area contributed by atoms with Crippen molar-refractivity contribution in [2.45, 2.75) is 6.10 Å². The van der Waals surface area contributed by atoms with E-state index in [0.717, 1.165) is 0 Å². The Labute approximate surface area is 98.3 Å². The first-order valence-corrected chi connectivity index (χ1v) is 5.21. The monoisotopic (exact) mass is 230 g/mol. The van der Waals surface area contributed by atoms with Crippen LogP contribution in [0.25, 0.3) is 0 Å².